The molecule has 0 atom stereocenters. The zero-order valence-corrected chi connectivity index (χ0v) is 16.0. The molecule has 4 rings (SSSR count). The zero-order valence-electron chi connectivity index (χ0n) is 15.2. The van der Waals surface area contributed by atoms with Gasteiger partial charge in [-0.15, -0.1) is 11.3 Å². The summed E-state index contributed by atoms with van der Waals surface area (Å²) in [6, 6.07) is 8.57. The van der Waals surface area contributed by atoms with Crippen molar-refractivity contribution in [3.05, 3.63) is 59.6 Å². The van der Waals surface area contributed by atoms with E-state index in [-0.39, 0.29) is 23.6 Å². The maximum atomic E-state index is 12.5. The van der Waals surface area contributed by atoms with Gasteiger partial charge in [0.15, 0.2) is 11.4 Å². The highest BCUT2D eigenvalue weighted by Gasteiger charge is 2.14. The lowest BCUT2D eigenvalue weighted by Gasteiger charge is -2.07. The van der Waals surface area contributed by atoms with Crippen molar-refractivity contribution in [2.45, 2.75) is 19.9 Å². The number of amides is 2. The minimum absolute atomic E-state index is 0.200. The largest absolute Gasteiger partial charge is 0.459 e. The van der Waals surface area contributed by atoms with E-state index >= 15 is 0 Å². The van der Waals surface area contributed by atoms with Crippen LogP contribution in [0.15, 0.2) is 53.4 Å². The Bertz CT molecular complexity index is 1140. The Labute approximate surface area is 164 Å². The van der Waals surface area contributed by atoms with Gasteiger partial charge in [-0.05, 0) is 44.2 Å². The Morgan fingerprint density at radius 2 is 2.00 bits per heavy atom. The molecule has 0 unspecified atom stereocenters. The van der Waals surface area contributed by atoms with Crippen molar-refractivity contribution in [2.24, 2.45) is 0 Å². The quantitative estimate of drug-likeness (QED) is 0.528. The van der Waals surface area contributed by atoms with E-state index in [2.05, 4.69) is 20.7 Å². The molecular weight excluding hydrogens is 378 g/mol. The Balaban J connectivity index is 1.46. The first kappa shape index (κ1) is 17.9. The highest BCUT2D eigenvalue weighted by molar-refractivity contribution is 7.18. The number of thiophene rings is 1. The van der Waals surface area contributed by atoms with E-state index in [1.165, 1.54) is 17.6 Å². The SMILES string of the molecule is CC(C)n1ncc2cc(NC(=O)c3ccc(NC(=O)c4ccco4)s3)cnc21. The van der Waals surface area contributed by atoms with Crippen LogP contribution in [0.4, 0.5) is 10.7 Å². The third kappa shape index (κ3) is 3.52. The summed E-state index contributed by atoms with van der Waals surface area (Å²) in [4.78, 5) is 29.4. The summed E-state index contributed by atoms with van der Waals surface area (Å²) in [5.74, 6) is -0.433. The molecular formula is C19H17N5O3S. The minimum Gasteiger partial charge on any atom is -0.459 e. The molecule has 0 spiro atoms. The van der Waals surface area contributed by atoms with Crippen LogP contribution in [0, 0.1) is 0 Å². The number of anilines is 2. The summed E-state index contributed by atoms with van der Waals surface area (Å²) in [6.07, 6.45) is 4.76. The monoisotopic (exact) mass is 395 g/mol. The first-order chi connectivity index (χ1) is 13.5. The Hall–Kier alpha value is -3.46. The number of hydrogen-bond donors (Lipinski definition) is 2. The Morgan fingerprint density at radius 3 is 2.75 bits per heavy atom. The Kier molecular flexibility index (Phi) is 4.66. The van der Waals surface area contributed by atoms with Gasteiger partial charge in [-0.1, -0.05) is 0 Å². The lowest BCUT2D eigenvalue weighted by molar-refractivity contribution is 0.0995. The lowest BCUT2D eigenvalue weighted by Crippen LogP contribution is -2.11. The number of carbonyl (C=O) groups is 2. The number of aromatic nitrogens is 3. The van der Waals surface area contributed by atoms with Gasteiger partial charge in [0.25, 0.3) is 11.8 Å². The number of nitrogens with zero attached hydrogens (tertiary/aromatic N) is 3. The molecule has 0 bridgehead atoms. The molecule has 9 heteroatoms. The summed E-state index contributed by atoms with van der Waals surface area (Å²) in [5, 5.41) is 11.3. The molecule has 0 radical (unpaired) electrons. The summed E-state index contributed by atoms with van der Waals surface area (Å²) in [6.45, 7) is 4.06. The average molecular weight is 395 g/mol. The third-order valence-electron chi connectivity index (χ3n) is 3.99. The highest BCUT2D eigenvalue weighted by Crippen LogP contribution is 2.24. The minimum atomic E-state index is -0.365. The fraction of sp³-hybridized carbons (Fsp3) is 0.158. The van der Waals surface area contributed by atoms with Gasteiger partial charge in [-0.3, -0.25) is 9.59 Å². The van der Waals surface area contributed by atoms with E-state index in [1.807, 2.05) is 24.6 Å². The average Bonchev–Trinajstić information content (AvgIpc) is 3.41. The summed E-state index contributed by atoms with van der Waals surface area (Å²) < 4.78 is 6.88. The zero-order chi connectivity index (χ0) is 19.7. The first-order valence-electron chi connectivity index (χ1n) is 8.60. The molecule has 0 fully saturated rings. The molecule has 2 N–H and O–H groups in total. The second-order valence-corrected chi connectivity index (χ2v) is 7.45. The van der Waals surface area contributed by atoms with Crippen molar-refractivity contribution in [1.29, 1.82) is 0 Å². The van der Waals surface area contributed by atoms with Gasteiger partial charge in [0.1, 0.15) is 0 Å². The fourth-order valence-corrected chi connectivity index (χ4v) is 3.48. The van der Waals surface area contributed by atoms with Crippen LogP contribution in [0.2, 0.25) is 0 Å². The number of furan rings is 1. The van der Waals surface area contributed by atoms with Crippen LogP contribution >= 0.6 is 11.3 Å². The van der Waals surface area contributed by atoms with Gasteiger partial charge in [0.05, 0.1) is 34.2 Å². The topological polar surface area (TPSA) is 102 Å². The molecule has 142 valence electrons. The van der Waals surface area contributed by atoms with Crippen LogP contribution in [-0.2, 0) is 0 Å². The van der Waals surface area contributed by atoms with Crippen molar-refractivity contribution < 1.29 is 14.0 Å². The van der Waals surface area contributed by atoms with Crippen LogP contribution in [0.5, 0.6) is 0 Å². The predicted molar refractivity (Wildman–Crippen MR) is 107 cm³/mol. The molecule has 28 heavy (non-hydrogen) atoms. The fourth-order valence-electron chi connectivity index (χ4n) is 2.69. The number of carbonyl (C=O) groups excluding carboxylic acids is 2. The van der Waals surface area contributed by atoms with Crippen LogP contribution in [0.3, 0.4) is 0 Å². The highest BCUT2D eigenvalue weighted by atomic mass is 32.1. The lowest BCUT2D eigenvalue weighted by atomic mass is 10.3. The van der Waals surface area contributed by atoms with Crippen molar-refractivity contribution in [2.75, 3.05) is 10.6 Å². The Morgan fingerprint density at radius 1 is 1.14 bits per heavy atom. The van der Waals surface area contributed by atoms with Gasteiger partial charge in [-0.25, -0.2) is 9.67 Å². The normalized spacial score (nSPS) is 11.1. The smallest absolute Gasteiger partial charge is 0.291 e. The van der Waals surface area contributed by atoms with Crippen LogP contribution in [-0.4, -0.2) is 26.6 Å². The van der Waals surface area contributed by atoms with Gasteiger partial charge in [0.2, 0.25) is 0 Å². The first-order valence-corrected chi connectivity index (χ1v) is 9.42. The van der Waals surface area contributed by atoms with E-state index in [4.69, 9.17) is 4.42 Å². The van der Waals surface area contributed by atoms with Gasteiger partial charge in [0, 0.05) is 11.4 Å². The summed E-state index contributed by atoms with van der Waals surface area (Å²) in [5.41, 5.74) is 1.35. The van der Waals surface area contributed by atoms with E-state index in [9.17, 15) is 9.59 Å². The third-order valence-corrected chi connectivity index (χ3v) is 4.99. The van der Waals surface area contributed by atoms with E-state index in [0.29, 0.717) is 15.6 Å². The molecule has 0 aliphatic heterocycles. The van der Waals surface area contributed by atoms with Crippen LogP contribution in [0.1, 0.15) is 40.1 Å². The maximum absolute atomic E-state index is 12.5. The van der Waals surface area contributed by atoms with Gasteiger partial charge >= 0.3 is 0 Å². The second kappa shape index (κ2) is 7.28. The molecule has 0 aliphatic rings. The second-order valence-electron chi connectivity index (χ2n) is 6.37. The van der Waals surface area contributed by atoms with Gasteiger partial charge < -0.3 is 15.1 Å². The van der Waals surface area contributed by atoms with Crippen molar-refractivity contribution in [3.63, 3.8) is 0 Å². The van der Waals surface area contributed by atoms with Crippen molar-refractivity contribution >= 4 is 44.9 Å². The standard InChI is InChI=1S/C19H17N5O3S/c1-11(2)24-17-12(9-21-24)8-13(10-20-17)22-19(26)15-5-6-16(28-15)23-18(25)14-4-3-7-27-14/h3-11H,1-2H3,(H,22,26)(H,23,25). The molecule has 4 aromatic heterocycles. The molecule has 0 saturated heterocycles. The summed E-state index contributed by atoms with van der Waals surface area (Å²) in [7, 11) is 0. The van der Waals surface area contributed by atoms with E-state index in [1.54, 1.807) is 36.7 Å². The molecule has 0 aromatic carbocycles. The molecule has 0 saturated carbocycles. The molecule has 0 aliphatic carbocycles. The van der Waals surface area contributed by atoms with Crippen LogP contribution < -0.4 is 10.6 Å². The number of pyridine rings is 1. The number of rotatable bonds is 5. The molecule has 4 aromatic rings. The molecule has 8 nitrogen and oxygen atoms in total. The van der Waals surface area contributed by atoms with Gasteiger partial charge in [-0.2, -0.15) is 5.10 Å². The number of fused-ring (bicyclic) bond motifs is 1. The van der Waals surface area contributed by atoms with E-state index in [0.717, 1.165) is 11.0 Å². The molecule has 2 amide bonds. The number of nitrogens with one attached hydrogen (secondary N) is 2. The molecule has 4 heterocycles. The van der Waals surface area contributed by atoms with Crippen LogP contribution in [0.25, 0.3) is 11.0 Å². The summed E-state index contributed by atoms with van der Waals surface area (Å²) >= 11 is 1.17. The van der Waals surface area contributed by atoms with E-state index < -0.39 is 0 Å². The van der Waals surface area contributed by atoms with Crippen molar-refractivity contribution in [1.82, 2.24) is 14.8 Å². The maximum Gasteiger partial charge on any atom is 0.291 e. The number of hydrogen-bond acceptors (Lipinski definition) is 6. The van der Waals surface area contributed by atoms with Crippen molar-refractivity contribution in [3.8, 4) is 0 Å². The predicted octanol–water partition coefficient (Wildman–Crippen LogP) is 4.17.